The van der Waals surface area contributed by atoms with Crippen LogP contribution >= 0.6 is 0 Å². The Labute approximate surface area is 157 Å². The molecule has 2 heterocycles. The largest absolute Gasteiger partial charge is 0.347 e. The van der Waals surface area contributed by atoms with E-state index in [0.29, 0.717) is 34.2 Å². The maximum absolute atomic E-state index is 12.7. The summed E-state index contributed by atoms with van der Waals surface area (Å²) in [6.07, 6.45) is 0. The van der Waals surface area contributed by atoms with E-state index in [1.165, 1.54) is 6.92 Å². The third-order valence-electron chi connectivity index (χ3n) is 4.50. The topological polar surface area (TPSA) is 95.5 Å². The Morgan fingerprint density at radius 3 is 1.96 bits per heavy atom. The number of imide groups is 1. The fourth-order valence-electron chi connectivity index (χ4n) is 2.98. The highest BCUT2D eigenvalue weighted by molar-refractivity contribution is 6.23. The van der Waals surface area contributed by atoms with E-state index in [1.54, 1.807) is 43.0 Å². The average molecular weight is 367 g/mol. The standard InChI is InChI=1S/C19H21N5O3/c1-10-15(11(2)21-19(20-10)23(4)5)22-16(25)12(3)24-17(26)13-8-6-7-9-14(13)18(24)27/h6-9,12H,1-5H3,(H,22,25). The van der Waals surface area contributed by atoms with Crippen molar-refractivity contribution in [1.29, 1.82) is 0 Å². The Balaban J connectivity index is 1.84. The zero-order valence-electron chi connectivity index (χ0n) is 15.9. The molecule has 0 spiro atoms. The number of nitrogens with zero attached hydrogens (tertiary/aromatic N) is 4. The van der Waals surface area contributed by atoms with E-state index in [0.717, 1.165) is 4.90 Å². The second kappa shape index (κ2) is 6.79. The summed E-state index contributed by atoms with van der Waals surface area (Å²) >= 11 is 0. The summed E-state index contributed by atoms with van der Waals surface area (Å²) in [5.74, 6) is -0.870. The van der Waals surface area contributed by atoms with Crippen LogP contribution in [0.5, 0.6) is 0 Å². The van der Waals surface area contributed by atoms with E-state index >= 15 is 0 Å². The van der Waals surface area contributed by atoms with Gasteiger partial charge in [0.25, 0.3) is 11.8 Å². The molecule has 1 unspecified atom stereocenters. The normalized spacial score (nSPS) is 14.2. The van der Waals surface area contributed by atoms with Crippen LogP contribution in [0, 0.1) is 13.8 Å². The van der Waals surface area contributed by atoms with Crippen molar-refractivity contribution in [2.75, 3.05) is 24.3 Å². The van der Waals surface area contributed by atoms with Crippen LogP contribution in [0.25, 0.3) is 0 Å². The molecule has 0 aliphatic carbocycles. The molecular formula is C19H21N5O3. The van der Waals surface area contributed by atoms with Gasteiger partial charge in [-0.15, -0.1) is 0 Å². The van der Waals surface area contributed by atoms with Crippen LogP contribution in [0.4, 0.5) is 11.6 Å². The van der Waals surface area contributed by atoms with Gasteiger partial charge >= 0.3 is 0 Å². The van der Waals surface area contributed by atoms with Gasteiger partial charge in [-0.2, -0.15) is 0 Å². The molecule has 1 atom stereocenters. The minimum Gasteiger partial charge on any atom is -0.347 e. The lowest BCUT2D eigenvalue weighted by atomic mass is 10.1. The zero-order valence-corrected chi connectivity index (χ0v) is 15.9. The lowest BCUT2D eigenvalue weighted by Crippen LogP contribution is -2.45. The molecule has 0 bridgehead atoms. The number of carbonyl (C=O) groups is 3. The van der Waals surface area contributed by atoms with Crippen molar-refractivity contribution in [2.45, 2.75) is 26.8 Å². The van der Waals surface area contributed by atoms with Crippen molar-refractivity contribution in [1.82, 2.24) is 14.9 Å². The predicted octanol–water partition coefficient (Wildman–Crippen LogP) is 1.78. The summed E-state index contributed by atoms with van der Waals surface area (Å²) in [5.41, 5.74) is 2.32. The Bertz CT molecular complexity index is 896. The summed E-state index contributed by atoms with van der Waals surface area (Å²) in [5, 5.41) is 2.76. The number of hydrogen-bond acceptors (Lipinski definition) is 6. The van der Waals surface area contributed by atoms with Crippen molar-refractivity contribution in [3.05, 3.63) is 46.8 Å². The summed E-state index contributed by atoms with van der Waals surface area (Å²) in [6, 6.07) is 5.58. The molecule has 8 heteroatoms. The second-order valence-electron chi connectivity index (χ2n) is 6.65. The maximum Gasteiger partial charge on any atom is 0.262 e. The van der Waals surface area contributed by atoms with Gasteiger partial charge in [0.1, 0.15) is 6.04 Å². The van der Waals surface area contributed by atoms with Crippen molar-refractivity contribution >= 4 is 29.4 Å². The summed E-state index contributed by atoms with van der Waals surface area (Å²) < 4.78 is 0. The van der Waals surface area contributed by atoms with Crippen LogP contribution in [-0.2, 0) is 4.79 Å². The lowest BCUT2D eigenvalue weighted by Gasteiger charge is -2.23. The molecule has 8 nitrogen and oxygen atoms in total. The minimum absolute atomic E-state index is 0.313. The van der Waals surface area contributed by atoms with Gasteiger partial charge < -0.3 is 10.2 Å². The van der Waals surface area contributed by atoms with E-state index in [1.807, 2.05) is 14.1 Å². The van der Waals surface area contributed by atoms with Gasteiger partial charge in [-0.25, -0.2) is 9.97 Å². The molecule has 0 fully saturated rings. The van der Waals surface area contributed by atoms with Gasteiger partial charge in [-0.3, -0.25) is 19.3 Å². The van der Waals surface area contributed by atoms with Gasteiger partial charge in [-0.05, 0) is 32.9 Å². The minimum atomic E-state index is -0.968. The molecule has 1 N–H and O–H groups in total. The van der Waals surface area contributed by atoms with Crippen molar-refractivity contribution in [3.63, 3.8) is 0 Å². The molecule has 0 saturated carbocycles. The molecule has 3 rings (SSSR count). The van der Waals surface area contributed by atoms with E-state index in [9.17, 15) is 14.4 Å². The van der Waals surface area contributed by atoms with E-state index in [2.05, 4.69) is 15.3 Å². The third kappa shape index (κ3) is 3.14. The van der Waals surface area contributed by atoms with Crippen LogP contribution in [0.15, 0.2) is 24.3 Å². The first-order valence-corrected chi connectivity index (χ1v) is 8.52. The maximum atomic E-state index is 12.7. The van der Waals surface area contributed by atoms with Gasteiger partial charge in [0.15, 0.2) is 0 Å². The first kappa shape index (κ1) is 18.5. The molecule has 1 aliphatic heterocycles. The molecule has 27 heavy (non-hydrogen) atoms. The third-order valence-corrected chi connectivity index (χ3v) is 4.50. The van der Waals surface area contributed by atoms with Gasteiger partial charge in [0, 0.05) is 14.1 Å². The molecule has 140 valence electrons. The van der Waals surface area contributed by atoms with Crippen LogP contribution in [0.2, 0.25) is 0 Å². The number of amides is 3. The number of aryl methyl sites for hydroxylation is 2. The van der Waals surface area contributed by atoms with Crippen LogP contribution in [-0.4, -0.2) is 52.7 Å². The summed E-state index contributed by atoms with van der Waals surface area (Å²) in [7, 11) is 3.66. The summed E-state index contributed by atoms with van der Waals surface area (Å²) in [4.78, 5) is 49.3. The molecular weight excluding hydrogens is 346 g/mol. The Kier molecular flexibility index (Phi) is 4.65. The fourth-order valence-corrected chi connectivity index (χ4v) is 2.98. The van der Waals surface area contributed by atoms with Crippen molar-refractivity contribution in [2.24, 2.45) is 0 Å². The van der Waals surface area contributed by atoms with Crippen LogP contribution < -0.4 is 10.2 Å². The highest BCUT2D eigenvalue weighted by atomic mass is 16.2. The Morgan fingerprint density at radius 2 is 1.52 bits per heavy atom. The molecule has 2 aromatic rings. The van der Waals surface area contributed by atoms with Crippen LogP contribution in [0.3, 0.4) is 0 Å². The molecule has 0 radical (unpaired) electrons. The molecule has 1 aromatic carbocycles. The van der Waals surface area contributed by atoms with E-state index in [-0.39, 0.29) is 0 Å². The Hall–Kier alpha value is -3.29. The lowest BCUT2D eigenvalue weighted by molar-refractivity contribution is -0.119. The van der Waals surface area contributed by atoms with Crippen molar-refractivity contribution < 1.29 is 14.4 Å². The fraction of sp³-hybridized carbons (Fsp3) is 0.316. The summed E-state index contributed by atoms with van der Waals surface area (Å²) in [6.45, 7) is 5.06. The quantitative estimate of drug-likeness (QED) is 0.828. The number of rotatable bonds is 4. The number of carbonyl (C=O) groups excluding carboxylic acids is 3. The average Bonchev–Trinajstić information content (AvgIpc) is 2.88. The van der Waals surface area contributed by atoms with E-state index < -0.39 is 23.8 Å². The molecule has 0 saturated heterocycles. The molecule has 1 aliphatic rings. The monoisotopic (exact) mass is 367 g/mol. The predicted molar refractivity (Wildman–Crippen MR) is 101 cm³/mol. The Morgan fingerprint density at radius 1 is 1.04 bits per heavy atom. The van der Waals surface area contributed by atoms with Gasteiger partial charge in [0.2, 0.25) is 11.9 Å². The second-order valence-corrected chi connectivity index (χ2v) is 6.65. The SMILES string of the molecule is Cc1nc(N(C)C)nc(C)c1NC(=O)C(C)N1C(=O)c2ccccc2C1=O. The van der Waals surface area contributed by atoms with E-state index in [4.69, 9.17) is 0 Å². The van der Waals surface area contributed by atoms with Gasteiger partial charge in [-0.1, -0.05) is 12.1 Å². The van der Waals surface area contributed by atoms with Crippen LogP contribution in [0.1, 0.15) is 39.0 Å². The number of hydrogen-bond donors (Lipinski definition) is 1. The number of nitrogens with one attached hydrogen (secondary N) is 1. The van der Waals surface area contributed by atoms with Gasteiger partial charge in [0.05, 0.1) is 28.2 Å². The number of anilines is 2. The molecule has 1 aromatic heterocycles. The number of aromatic nitrogens is 2. The molecule has 3 amide bonds. The van der Waals surface area contributed by atoms with Crippen molar-refractivity contribution in [3.8, 4) is 0 Å². The smallest absolute Gasteiger partial charge is 0.262 e. The highest BCUT2D eigenvalue weighted by Crippen LogP contribution is 2.26. The highest BCUT2D eigenvalue weighted by Gasteiger charge is 2.40. The number of benzene rings is 1. The first-order chi connectivity index (χ1) is 12.7. The number of fused-ring (bicyclic) bond motifs is 1. The first-order valence-electron chi connectivity index (χ1n) is 8.52. The zero-order chi connectivity index (χ0) is 19.9.